The normalized spacial score (nSPS) is 10.7. The van der Waals surface area contributed by atoms with Crippen molar-refractivity contribution in [3.05, 3.63) is 94.7 Å². The maximum absolute atomic E-state index is 12.5. The van der Waals surface area contributed by atoms with Gasteiger partial charge in [-0.05, 0) is 55.0 Å². The number of nitrogens with one attached hydrogen (secondary N) is 2. The van der Waals surface area contributed by atoms with Crippen LogP contribution in [0.3, 0.4) is 0 Å². The van der Waals surface area contributed by atoms with Crippen LogP contribution in [0.25, 0.3) is 5.69 Å². The zero-order chi connectivity index (χ0) is 22.3. The molecule has 0 radical (unpaired) electrons. The molecule has 0 aliphatic rings. The number of halogens is 1. The number of aryl methyl sites for hydroxylation is 1. The van der Waals surface area contributed by atoms with Crippen LogP contribution in [0.15, 0.2) is 88.5 Å². The fourth-order valence-corrected chi connectivity index (χ4v) is 4.34. The van der Waals surface area contributed by atoms with Gasteiger partial charge in [0.2, 0.25) is 5.91 Å². The quantitative estimate of drug-likeness (QED) is 0.300. The first-order chi connectivity index (χ1) is 15.6. The van der Waals surface area contributed by atoms with Crippen LogP contribution in [0, 0.1) is 6.92 Å². The van der Waals surface area contributed by atoms with Gasteiger partial charge in [0.1, 0.15) is 0 Å². The van der Waals surface area contributed by atoms with Crippen LogP contribution >= 0.6 is 27.7 Å². The van der Waals surface area contributed by atoms with Crippen molar-refractivity contribution in [3.63, 3.8) is 0 Å². The third kappa shape index (κ3) is 5.77. The van der Waals surface area contributed by atoms with Gasteiger partial charge in [-0.25, -0.2) is 0 Å². The number of amides is 1. The number of benzene rings is 3. The molecule has 32 heavy (non-hydrogen) atoms. The van der Waals surface area contributed by atoms with E-state index in [9.17, 15) is 4.79 Å². The van der Waals surface area contributed by atoms with Crippen LogP contribution in [0.1, 0.15) is 11.4 Å². The number of nitrogens with zero attached hydrogens (tertiary/aromatic N) is 3. The summed E-state index contributed by atoms with van der Waals surface area (Å²) in [5, 5.41) is 15.8. The van der Waals surface area contributed by atoms with Gasteiger partial charge in [-0.15, -0.1) is 10.2 Å². The average molecular weight is 508 g/mol. The lowest BCUT2D eigenvalue weighted by Crippen LogP contribution is -2.15. The van der Waals surface area contributed by atoms with Gasteiger partial charge in [0.05, 0.1) is 12.3 Å². The van der Waals surface area contributed by atoms with E-state index in [-0.39, 0.29) is 11.7 Å². The molecule has 4 rings (SSSR count). The monoisotopic (exact) mass is 507 g/mol. The molecule has 0 aliphatic carbocycles. The molecule has 162 valence electrons. The second-order valence-electron chi connectivity index (χ2n) is 7.14. The fraction of sp³-hybridized carbons (Fsp3) is 0.125. The van der Waals surface area contributed by atoms with E-state index in [0.717, 1.165) is 27.4 Å². The molecule has 0 unspecified atom stereocenters. The minimum atomic E-state index is -0.102. The molecule has 0 aliphatic heterocycles. The summed E-state index contributed by atoms with van der Waals surface area (Å²) in [6.07, 6.45) is 0. The van der Waals surface area contributed by atoms with Gasteiger partial charge in [-0.3, -0.25) is 9.36 Å². The van der Waals surface area contributed by atoms with E-state index in [0.29, 0.717) is 11.7 Å². The Kier molecular flexibility index (Phi) is 7.24. The number of hydrogen-bond donors (Lipinski definition) is 2. The Hall–Kier alpha value is -3.10. The lowest BCUT2D eigenvalue weighted by molar-refractivity contribution is -0.113. The van der Waals surface area contributed by atoms with Gasteiger partial charge in [0.15, 0.2) is 11.0 Å². The van der Waals surface area contributed by atoms with Crippen molar-refractivity contribution in [2.45, 2.75) is 18.6 Å². The molecule has 0 saturated heterocycles. The number of carbonyl (C=O) groups excluding carboxylic acids is 1. The van der Waals surface area contributed by atoms with Crippen molar-refractivity contribution in [3.8, 4) is 5.69 Å². The highest BCUT2D eigenvalue weighted by atomic mass is 79.9. The summed E-state index contributed by atoms with van der Waals surface area (Å²) >= 11 is 4.77. The third-order valence-electron chi connectivity index (χ3n) is 4.62. The SMILES string of the molecule is Cc1cccc(NCc2nnc(SCC(=O)Nc3cccc(Br)c3)n2-c2ccccc2)c1. The maximum atomic E-state index is 12.5. The van der Waals surface area contributed by atoms with E-state index in [1.807, 2.05) is 71.3 Å². The standard InChI is InChI=1S/C24H22BrN5OS/c1-17-7-5-9-19(13-17)26-15-22-28-29-24(30(22)21-11-3-2-4-12-21)32-16-23(31)27-20-10-6-8-18(25)14-20/h2-14,26H,15-16H2,1H3,(H,27,31). The molecule has 0 spiro atoms. The molecule has 1 heterocycles. The Morgan fingerprint density at radius 3 is 2.53 bits per heavy atom. The molecule has 0 saturated carbocycles. The second kappa shape index (κ2) is 10.5. The fourth-order valence-electron chi connectivity index (χ4n) is 3.17. The largest absolute Gasteiger partial charge is 0.378 e. The number of rotatable bonds is 8. The van der Waals surface area contributed by atoms with Crippen LogP contribution in [-0.2, 0) is 11.3 Å². The van der Waals surface area contributed by atoms with Crippen molar-refractivity contribution in [1.82, 2.24) is 14.8 Å². The van der Waals surface area contributed by atoms with E-state index in [1.165, 1.54) is 17.3 Å². The molecule has 1 aromatic heterocycles. The molecule has 3 aromatic carbocycles. The first-order valence-electron chi connectivity index (χ1n) is 10.1. The highest BCUT2D eigenvalue weighted by molar-refractivity contribution is 9.10. The summed E-state index contributed by atoms with van der Waals surface area (Å²) in [7, 11) is 0. The first-order valence-corrected chi connectivity index (χ1v) is 11.8. The van der Waals surface area contributed by atoms with E-state index in [4.69, 9.17) is 0 Å². The zero-order valence-corrected chi connectivity index (χ0v) is 19.9. The lowest BCUT2D eigenvalue weighted by Gasteiger charge is -2.12. The van der Waals surface area contributed by atoms with Crippen molar-refractivity contribution >= 4 is 45.0 Å². The second-order valence-corrected chi connectivity index (χ2v) is 9.00. The van der Waals surface area contributed by atoms with Gasteiger partial charge in [-0.1, -0.05) is 64.1 Å². The number of anilines is 2. The minimum absolute atomic E-state index is 0.102. The Bertz CT molecular complexity index is 1210. The maximum Gasteiger partial charge on any atom is 0.234 e. The van der Waals surface area contributed by atoms with Crippen LogP contribution in [-0.4, -0.2) is 26.4 Å². The molecule has 1 amide bonds. The number of hydrogen-bond acceptors (Lipinski definition) is 5. The van der Waals surface area contributed by atoms with Gasteiger partial charge >= 0.3 is 0 Å². The number of carbonyl (C=O) groups is 1. The molecule has 2 N–H and O–H groups in total. The Balaban J connectivity index is 1.49. The van der Waals surface area contributed by atoms with Crippen LogP contribution in [0.4, 0.5) is 11.4 Å². The molecule has 4 aromatic rings. The van der Waals surface area contributed by atoms with Gasteiger partial charge < -0.3 is 10.6 Å². The molecular weight excluding hydrogens is 486 g/mol. The van der Waals surface area contributed by atoms with Crippen molar-refractivity contribution in [2.24, 2.45) is 0 Å². The number of aromatic nitrogens is 3. The molecule has 0 atom stereocenters. The first kappa shape index (κ1) is 22.1. The average Bonchev–Trinajstić information content (AvgIpc) is 3.20. The summed E-state index contributed by atoms with van der Waals surface area (Å²) in [4.78, 5) is 12.5. The van der Waals surface area contributed by atoms with Gasteiger partial charge in [-0.2, -0.15) is 0 Å². The highest BCUT2D eigenvalue weighted by Gasteiger charge is 2.16. The zero-order valence-electron chi connectivity index (χ0n) is 17.5. The van der Waals surface area contributed by atoms with Gasteiger partial charge in [0, 0.05) is 21.5 Å². The Labute approximate surface area is 199 Å². The number of thioether (sulfide) groups is 1. The van der Waals surface area contributed by atoms with E-state index in [1.54, 1.807) is 0 Å². The van der Waals surface area contributed by atoms with Crippen molar-refractivity contribution < 1.29 is 4.79 Å². The molecule has 0 bridgehead atoms. The number of para-hydroxylation sites is 1. The van der Waals surface area contributed by atoms with Crippen molar-refractivity contribution in [2.75, 3.05) is 16.4 Å². The smallest absolute Gasteiger partial charge is 0.234 e. The third-order valence-corrected chi connectivity index (χ3v) is 6.05. The van der Waals surface area contributed by atoms with E-state index in [2.05, 4.69) is 55.8 Å². The van der Waals surface area contributed by atoms with E-state index >= 15 is 0 Å². The summed E-state index contributed by atoms with van der Waals surface area (Å²) in [5.74, 6) is 0.894. The molecule has 8 heteroatoms. The lowest BCUT2D eigenvalue weighted by atomic mass is 10.2. The summed E-state index contributed by atoms with van der Waals surface area (Å²) < 4.78 is 2.90. The molecular formula is C24H22BrN5OS. The predicted molar refractivity (Wildman–Crippen MR) is 133 cm³/mol. The highest BCUT2D eigenvalue weighted by Crippen LogP contribution is 2.23. The van der Waals surface area contributed by atoms with Crippen LogP contribution in [0.2, 0.25) is 0 Å². The topological polar surface area (TPSA) is 71.8 Å². The van der Waals surface area contributed by atoms with Gasteiger partial charge in [0.25, 0.3) is 0 Å². The summed E-state index contributed by atoms with van der Waals surface area (Å²) in [5.41, 5.74) is 3.91. The van der Waals surface area contributed by atoms with Crippen molar-refractivity contribution in [1.29, 1.82) is 0 Å². The molecule has 6 nitrogen and oxygen atoms in total. The van der Waals surface area contributed by atoms with E-state index < -0.39 is 0 Å². The Morgan fingerprint density at radius 1 is 0.969 bits per heavy atom. The predicted octanol–water partition coefficient (Wildman–Crippen LogP) is 5.68. The minimum Gasteiger partial charge on any atom is -0.378 e. The Morgan fingerprint density at radius 2 is 1.75 bits per heavy atom. The van der Waals surface area contributed by atoms with Crippen LogP contribution in [0.5, 0.6) is 0 Å². The summed E-state index contributed by atoms with van der Waals surface area (Å²) in [6.45, 7) is 2.57. The van der Waals surface area contributed by atoms with Crippen LogP contribution < -0.4 is 10.6 Å². The molecule has 0 fully saturated rings. The summed E-state index contributed by atoms with van der Waals surface area (Å²) in [6, 6.07) is 25.6.